The minimum absolute atomic E-state index is 0.246. The van der Waals surface area contributed by atoms with E-state index in [0.29, 0.717) is 28.4 Å². The monoisotopic (exact) mass is 385 g/mol. The van der Waals surface area contributed by atoms with Crippen molar-refractivity contribution < 1.29 is 14.3 Å². The lowest BCUT2D eigenvalue weighted by Crippen LogP contribution is -2.13. The lowest BCUT2D eigenvalue weighted by atomic mass is 10.0. The summed E-state index contributed by atoms with van der Waals surface area (Å²) in [6.07, 6.45) is 3.43. The lowest BCUT2D eigenvalue weighted by molar-refractivity contribution is 0.102. The van der Waals surface area contributed by atoms with Gasteiger partial charge >= 0.3 is 0 Å². The number of methoxy groups -OCH3 is 2. The van der Waals surface area contributed by atoms with Crippen LogP contribution >= 0.6 is 0 Å². The number of hydrogen-bond acceptors (Lipinski definition) is 5. The topological polar surface area (TPSA) is 73.3 Å². The number of benzene rings is 2. The van der Waals surface area contributed by atoms with Gasteiger partial charge in [0.2, 0.25) is 0 Å². The van der Waals surface area contributed by atoms with Gasteiger partial charge in [-0.25, -0.2) is 4.98 Å². The first-order valence-electron chi connectivity index (χ1n) is 9.02. The quantitative estimate of drug-likeness (QED) is 0.545. The van der Waals surface area contributed by atoms with Crippen molar-refractivity contribution in [1.29, 1.82) is 0 Å². The van der Waals surface area contributed by atoms with Crippen molar-refractivity contribution in [3.05, 3.63) is 78.6 Å². The number of pyridine rings is 2. The smallest absolute Gasteiger partial charge is 0.256 e. The number of rotatable bonds is 5. The minimum atomic E-state index is -0.246. The van der Waals surface area contributed by atoms with E-state index in [0.717, 1.165) is 16.5 Å². The summed E-state index contributed by atoms with van der Waals surface area (Å²) >= 11 is 0. The molecule has 0 radical (unpaired) electrons. The summed E-state index contributed by atoms with van der Waals surface area (Å²) in [7, 11) is 3.13. The molecule has 144 valence electrons. The summed E-state index contributed by atoms with van der Waals surface area (Å²) in [6, 6.07) is 18.3. The highest BCUT2D eigenvalue weighted by molar-refractivity contribution is 6.13. The average Bonchev–Trinajstić information content (AvgIpc) is 2.78. The van der Waals surface area contributed by atoms with Gasteiger partial charge in [0.25, 0.3) is 5.91 Å². The molecule has 0 aliphatic heterocycles. The normalized spacial score (nSPS) is 10.6. The van der Waals surface area contributed by atoms with Gasteiger partial charge in [-0.05, 0) is 24.3 Å². The molecule has 4 aromatic rings. The van der Waals surface area contributed by atoms with Crippen LogP contribution in [0.5, 0.6) is 11.5 Å². The van der Waals surface area contributed by atoms with Gasteiger partial charge < -0.3 is 14.8 Å². The molecular formula is C23H19N3O3. The van der Waals surface area contributed by atoms with E-state index < -0.39 is 0 Å². The third-order valence-corrected chi connectivity index (χ3v) is 4.53. The van der Waals surface area contributed by atoms with Crippen LogP contribution in [0.25, 0.3) is 22.2 Å². The van der Waals surface area contributed by atoms with E-state index in [-0.39, 0.29) is 5.91 Å². The third kappa shape index (κ3) is 3.87. The van der Waals surface area contributed by atoms with E-state index >= 15 is 0 Å². The maximum atomic E-state index is 13.2. The number of carbonyl (C=O) groups excluding carboxylic acids is 1. The summed E-state index contributed by atoms with van der Waals surface area (Å²) in [5, 5.41) is 3.71. The Bertz CT molecular complexity index is 1150. The molecular weight excluding hydrogens is 366 g/mol. The molecule has 0 spiro atoms. The van der Waals surface area contributed by atoms with Gasteiger partial charge in [0.15, 0.2) is 0 Å². The molecule has 4 rings (SSSR count). The van der Waals surface area contributed by atoms with Crippen LogP contribution < -0.4 is 14.8 Å². The first kappa shape index (κ1) is 18.4. The zero-order valence-electron chi connectivity index (χ0n) is 16.0. The second-order valence-corrected chi connectivity index (χ2v) is 6.37. The number of ether oxygens (including phenoxy) is 2. The van der Waals surface area contributed by atoms with Crippen LogP contribution in [0.1, 0.15) is 10.4 Å². The molecule has 1 amide bonds. The van der Waals surface area contributed by atoms with Crippen LogP contribution in [0.15, 0.2) is 73.1 Å². The Labute approximate surface area is 168 Å². The second-order valence-electron chi connectivity index (χ2n) is 6.37. The van der Waals surface area contributed by atoms with Crippen LogP contribution in [0.2, 0.25) is 0 Å². The number of anilines is 1. The third-order valence-electron chi connectivity index (χ3n) is 4.53. The van der Waals surface area contributed by atoms with Crippen LogP contribution in [0, 0.1) is 0 Å². The Morgan fingerprint density at radius 2 is 1.69 bits per heavy atom. The maximum Gasteiger partial charge on any atom is 0.256 e. The van der Waals surface area contributed by atoms with E-state index in [1.165, 1.54) is 0 Å². The molecule has 2 aromatic carbocycles. The Morgan fingerprint density at radius 3 is 2.38 bits per heavy atom. The van der Waals surface area contributed by atoms with E-state index in [2.05, 4.69) is 10.3 Å². The fourth-order valence-corrected chi connectivity index (χ4v) is 3.10. The summed E-state index contributed by atoms with van der Waals surface area (Å²) in [5.74, 6) is 0.939. The highest BCUT2D eigenvalue weighted by Crippen LogP contribution is 2.28. The number of nitrogens with zero attached hydrogens (tertiary/aromatic N) is 2. The van der Waals surface area contributed by atoms with E-state index in [9.17, 15) is 4.79 Å². The molecule has 0 bridgehead atoms. The van der Waals surface area contributed by atoms with Gasteiger partial charge in [0.05, 0.1) is 31.0 Å². The minimum Gasteiger partial charge on any atom is -0.497 e. The molecule has 6 heteroatoms. The zero-order valence-corrected chi connectivity index (χ0v) is 16.0. The van der Waals surface area contributed by atoms with E-state index in [1.54, 1.807) is 50.9 Å². The average molecular weight is 385 g/mol. The largest absolute Gasteiger partial charge is 0.497 e. The summed E-state index contributed by atoms with van der Waals surface area (Å²) in [4.78, 5) is 22.0. The highest BCUT2D eigenvalue weighted by atomic mass is 16.5. The number of aromatic nitrogens is 2. The Morgan fingerprint density at radius 1 is 0.931 bits per heavy atom. The van der Waals surface area contributed by atoms with Crippen LogP contribution in [-0.2, 0) is 0 Å². The summed E-state index contributed by atoms with van der Waals surface area (Å²) < 4.78 is 10.6. The van der Waals surface area contributed by atoms with Gasteiger partial charge in [0, 0.05) is 47.2 Å². The van der Waals surface area contributed by atoms with E-state index in [4.69, 9.17) is 14.5 Å². The molecule has 0 fully saturated rings. The molecule has 0 saturated heterocycles. The molecule has 1 N–H and O–H groups in total. The van der Waals surface area contributed by atoms with Crippen molar-refractivity contribution in [2.45, 2.75) is 0 Å². The lowest BCUT2D eigenvalue weighted by Gasteiger charge is -2.12. The summed E-state index contributed by atoms with van der Waals surface area (Å²) in [6.45, 7) is 0. The SMILES string of the molecule is COc1cc(NC(=O)c2cc(-c3cccnc3)nc3ccccc23)cc(OC)c1. The molecule has 29 heavy (non-hydrogen) atoms. The number of carbonyl (C=O) groups is 1. The Kier molecular flexibility index (Phi) is 5.07. The zero-order chi connectivity index (χ0) is 20.2. The molecule has 0 saturated carbocycles. The van der Waals surface area contributed by atoms with Gasteiger partial charge in [-0.1, -0.05) is 18.2 Å². The van der Waals surface area contributed by atoms with Crippen molar-refractivity contribution in [1.82, 2.24) is 9.97 Å². The molecule has 0 aliphatic carbocycles. The Hall–Kier alpha value is -3.93. The first-order chi connectivity index (χ1) is 14.2. The number of nitrogens with one attached hydrogen (secondary N) is 1. The van der Waals surface area contributed by atoms with Crippen molar-refractivity contribution in [2.75, 3.05) is 19.5 Å². The maximum absolute atomic E-state index is 13.2. The highest BCUT2D eigenvalue weighted by Gasteiger charge is 2.15. The van der Waals surface area contributed by atoms with Crippen LogP contribution in [0.3, 0.4) is 0 Å². The molecule has 0 unspecified atom stereocenters. The second kappa shape index (κ2) is 7.98. The standard InChI is InChI=1S/C23H19N3O3/c1-28-17-10-16(11-18(12-17)29-2)25-23(27)20-13-22(15-6-5-9-24-14-15)26-21-8-4-3-7-19(20)21/h3-14H,1-2H3,(H,25,27). The first-order valence-corrected chi connectivity index (χ1v) is 9.02. The van der Waals surface area contributed by atoms with Crippen molar-refractivity contribution in [3.63, 3.8) is 0 Å². The van der Waals surface area contributed by atoms with E-state index in [1.807, 2.05) is 36.4 Å². The van der Waals surface area contributed by atoms with Crippen LogP contribution in [0.4, 0.5) is 5.69 Å². The predicted molar refractivity (Wildman–Crippen MR) is 112 cm³/mol. The molecule has 0 aliphatic rings. The van der Waals surface area contributed by atoms with Gasteiger partial charge in [-0.2, -0.15) is 0 Å². The fourth-order valence-electron chi connectivity index (χ4n) is 3.10. The molecule has 0 atom stereocenters. The summed E-state index contributed by atoms with van der Waals surface area (Å²) in [5.41, 5.74) is 3.37. The van der Waals surface area contributed by atoms with Gasteiger partial charge in [-0.15, -0.1) is 0 Å². The van der Waals surface area contributed by atoms with Crippen molar-refractivity contribution >= 4 is 22.5 Å². The fraction of sp³-hybridized carbons (Fsp3) is 0.0870. The number of hydrogen-bond donors (Lipinski definition) is 1. The van der Waals surface area contributed by atoms with Gasteiger partial charge in [-0.3, -0.25) is 9.78 Å². The molecule has 6 nitrogen and oxygen atoms in total. The predicted octanol–water partition coefficient (Wildman–Crippen LogP) is 4.57. The van der Waals surface area contributed by atoms with Crippen molar-refractivity contribution in [3.8, 4) is 22.8 Å². The van der Waals surface area contributed by atoms with Crippen molar-refractivity contribution in [2.24, 2.45) is 0 Å². The number of para-hydroxylation sites is 1. The van der Waals surface area contributed by atoms with Gasteiger partial charge in [0.1, 0.15) is 11.5 Å². The number of amides is 1. The molecule has 2 aromatic heterocycles. The van der Waals surface area contributed by atoms with Crippen LogP contribution in [-0.4, -0.2) is 30.1 Å². The Balaban J connectivity index is 1.78. The number of fused-ring (bicyclic) bond motifs is 1. The molecule has 2 heterocycles.